The zero-order valence-corrected chi connectivity index (χ0v) is 15.1. The molecule has 136 valence electrons. The molecular formula is C16H21FN4O3S. The van der Waals surface area contributed by atoms with Crippen molar-refractivity contribution in [1.29, 1.82) is 0 Å². The molecule has 1 atom stereocenters. The number of hydrogen-bond donors (Lipinski definition) is 1. The minimum atomic E-state index is -3.90. The Balaban J connectivity index is 2.06. The molecule has 1 N–H and O–H groups in total. The maximum absolute atomic E-state index is 13.0. The van der Waals surface area contributed by atoms with Gasteiger partial charge >= 0.3 is 0 Å². The highest BCUT2D eigenvalue weighted by Crippen LogP contribution is 2.18. The second-order valence-corrected chi connectivity index (χ2v) is 8.19. The molecule has 2 aromatic rings. The van der Waals surface area contributed by atoms with Crippen LogP contribution < -0.4 is 5.32 Å². The molecule has 0 radical (unpaired) electrons. The molecule has 25 heavy (non-hydrogen) atoms. The summed E-state index contributed by atoms with van der Waals surface area (Å²) in [6.45, 7) is 2.72. The fourth-order valence-corrected chi connectivity index (χ4v) is 3.33. The Morgan fingerprint density at radius 1 is 1.32 bits per heavy atom. The molecular weight excluding hydrogens is 347 g/mol. The summed E-state index contributed by atoms with van der Waals surface area (Å²) >= 11 is 0. The third-order valence-electron chi connectivity index (χ3n) is 3.65. The molecule has 1 aromatic carbocycles. The predicted molar refractivity (Wildman–Crippen MR) is 92.5 cm³/mol. The number of aromatic nitrogens is 2. The van der Waals surface area contributed by atoms with Gasteiger partial charge in [0, 0.05) is 12.7 Å². The maximum atomic E-state index is 13.0. The van der Waals surface area contributed by atoms with Crippen LogP contribution in [0, 0.1) is 5.82 Å². The number of carbonyl (C=O) groups excluding carboxylic acids is 1. The first-order valence-electron chi connectivity index (χ1n) is 7.67. The smallest absolute Gasteiger partial charge is 0.242 e. The lowest BCUT2D eigenvalue weighted by Gasteiger charge is -2.12. The molecule has 0 aliphatic carbocycles. The van der Waals surface area contributed by atoms with Crippen LogP contribution in [0.15, 0.2) is 41.6 Å². The lowest BCUT2D eigenvalue weighted by Crippen LogP contribution is -2.32. The molecule has 2 rings (SSSR count). The van der Waals surface area contributed by atoms with E-state index in [4.69, 9.17) is 0 Å². The summed E-state index contributed by atoms with van der Waals surface area (Å²) in [4.78, 5) is 14.2. The Morgan fingerprint density at radius 3 is 2.56 bits per heavy atom. The topological polar surface area (TPSA) is 84.3 Å². The van der Waals surface area contributed by atoms with Crippen molar-refractivity contribution in [2.45, 2.75) is 23.6 Å². The van der Waals surface area contributed by atoms with Crippen LogP contribution in [0.2, 0.25) is 0 Å². The van der Waals surface area contributed by atoms with Gasteiger partial charge in [-0.1, -0.05) is 0 Å². The molecule has 0 aliphatic rings. The summed E-state index contributed by atoms with van der Waals surface area (Å²) in [5, 5.41) is 5.35. The first-order chi connectivity index (χ1) is 11.7. The average Bonchev–Trinajstić information content (AvgIpc) is 3.00. The number of anilines is 1. The van der Waals surface area contributed by atoms with Gasteiger partial charge in [0.15, 0.2) is 9.84 Å². The number of sulfone groups is 1. The van der Waals surface area contributed by atoms with Crippen molar-refractivity contribution in [2.24, 2.45) is 0 Å². The number of hydrogen-bond acceptors (Lipinski definition) is 5. The van der Waals surface area contributed by atoms with E-state index in [1.807, 2.05) is 19.0 Å². The van der Waals surface area contributed by atoms with E-state index >= 15 is 0 Å². The second kappa shape index (κ2) is 7.75. The average molecular weight is 368 g/mol. The Labute approximate surface area is 146 Å². The summed E-state index contributed by atoms with van der Waals surface area (Å²) in [5.74, 6) is -1.21. The lowest BCUT2D eigenvalue weighted by molar-refractivity contribution is -0.115. The monoisotopic (exact) mass is 368 g/mol. The molecule has 7 nitrogen and oxygen atoms in total. The van der Waals surface area contributed by atoms with E-state index in [2.05, 4.69) is 10.4 Å². The zero-order valence-electron chi connectivity index (χ0n) is 14.3. The first-order valence-corrected chi connectivity index (χ1v) is 9.22. The van der Waals surface area contributed by atoms with Gasteiger partial charge in [0.2, 0.25) is 5.91 Å². The number of likely N-dealkylation sites (N-methyl/N-ethyl adjacent to an activating group) is 1. The van der Waals surface area contributed by atoms with E-state index in [-0.39, 0.29) is 4.90 Å². The summed E-state index contributed by atoms with van der Waals surface area (Å²) < 4.78 is 39.5. The minimum Gasteiger partial charge on any atom is -0.322 e. The lowest BCUT2D eigenvalue weighted by atomic mass is 10.3. The molecule has 0 aliphatic heterocycles. The Hall–Kier alpha value is -2.26. The van der Waals surface area contributed by atoms with Gasteiger partial charge in [-0.05, 0) is 45.3 Å². The van der Waals surface area contributed by atoms with Gasteiger partial charge in [0.05, 0.1) is 23.3 Å². The van der Waals surface area contributed by atoms with Crippen LogP contribution in [0.1, 0.15) is 6.92 Å². The summed E-state index contributed by atoms with van der Waals surface area (Å²) in [6.07, 6.45) is 3.10. The quantitative estimate of drug-likeness (QED) is 0.747. The van der Waals surface area contributed by atoms with E-state index < -0.39 is 26.8 Å². The molecule has 0 unspecified atom stereocenters. The van der Waals surface area contributed by atoms with Gasteiger partial charge in [-0.15, -0.1) is 0 Å². The number of amides is 1. The van der Waals surface area contributed by atoms with E-state index in [1.54, 1.807) is 10.9 Å². The van der Waals surface area contributed by atoms with Crippen LogP contribution in [0.25, 0.3) is 0 Å². The highest BCUT2D eigenvalue weighted by atomic mass is 32.2. The van der Waals surface area contributed by atoms with Gasteiger partial charge in [0.1, 0.15) is 11.1 Å². The molecule has 0 saturated carbocycles. The Kier molecular flexibility index (Phi) is 5.91. The molecule has 1 aromatic heterocycles. The summed E-state index contributed by atoms with van der Waals surface area (Å²) in [6, 6.07) is 4.39. The maximum Gasteiger partial charge on any atom is 0.242 e. The highest BCUT2D eigenvalue weighted by Gasteiger charge is 2.30. The number of nitrogens with zero attached hydrogens (tertiary/aromatic N) is 3. The molecule has 0 saturated heterocycles. The van der Waals surface area contributed by atoms with Gasteiger partial charge in [-0.3, -0.25) is 9.48 Å². The Bertz CT molecular complexity index is 831. The van der Waals surface area contributed by atoms with Crippen molar-refractivity contribution in [3.8, 4) is 0 Å². The fraction of sp³-hybridized carbons (Fsp3) is 0.375. The normalized spacial score (nSPS) is 13.0. The third-order valence-corrected chi connectivity index (χ3v) is 5.73. The van der Waals surface area contributed by atoms with Crippen molar-refractivity contribution in [1.82, 2.24) is 14.7 Å². The Morgan fingerprint density at radius 2 is 1.96 bits per heavy atom. The number of nitrogens with one attached hydrogen (secondary N) is 1. The standard InChI is InChI=1S/C16H21FN4O3S/c1-12(25(23,24)15-6-4-13(17)5-7-15)16(22)19-14-10-18-21(11-14)9-8-20(2)3/h4-7,10-12H,8-9H2,1-3H3,(H,19,22)/t12-/m1/s1. The van der Waals surface area contributed by atoms with Gasteiger partial charge in [-0.25, -0.2) is 12.8 Å². The van der Waals surface area contributed by atoms with Crippen molar-refractivity contribution in [2.75, 3.05) is 26.0 Å². The minimum absolute atomic E-state index is 0.0989. The SMILES string of the molecule is C[C@H](C(=O)Nc1cnn(CCN(C)C)c1)S(=O)(=O)c1ccc(F)cc1. The zero-order chi connectivity index (χ0) is 18.6. The molecule has 1 heterocycles. The van der Waals surface area contributed by atoms with Crippen LogP contribution in [0.5, 0.6) is 0 Å². The van der Waals surface area contributed by atoms with Crippen LogP contribution >= 0.6 is 0 Å². The van der Waals surface area contributed by atoms with Crippen molar-refractivity contribution in [3.05, 3.63) is 42.5 Å². The van der Waals surface area contributed by atoms with Crippen molar-refractivity contribution >= 4 is 21.4 Å². The van der Waals surface area contributed by atoms with Gasteiger partial charge < -0.3 is 10.2 Å². The molecule has 9 heteroatoms. The van der Waals surface area contributed by atoms with Crippen LogP contribution in [0.4, 0.5) is 10.1 Å². The number of carbonyl (C=O) groups is 1. The molecule has 0 fully saturated rings. The van der Waals surface area contributed by atoms with E-state index in [0.717, 1.165) is 30.8 Å². The van der Waals surface area contributed by atoms with Gasteiger partial charge in [-0.2, -0.15) is 5.10 Å². The van der Waals surface area contributed by atoms with Crippen LogP contribution in [-0.2, 0) is 21.2 Å². The predicted octanol–water partition coefficient (Wildman–Crippen LogP) is 1.38. The highest BCUT2D eigenvalue weighted by molar-refractivity contribution is 7.92. The number of halogens is 1. The van der Waals surface area contributed by atoms with E-state index in [9.17, 15) is 17.6 Å². The fourth-order valence-electron chi connectivity index (χ4n) is 2.07. The molecule has 1 amide bonds. The van der Waals surface area contributed by atoms with Gasteiger partial charge in [0.25, 0.3) is 0 Å². The molecule has 0 bridgehead atoms. The summed E-state index contributed by atoms with van der Waals surface area (Å²) in [7, 11) is -0.0250. The first kappa shape index (κ1) is 19.1. The largest absolute Gasteiger partial charge is 0.322 e. The van der Waals surface area contributed by atoms with Crippen molar-refractivity contribution in [3.63, 3.8) is 0 Å². The van der Waals surface area contributed by atoms with E-state index in [1.165, 1.54) is 13.1 Å². The third kappa shape index (κ3) is 4.86. The number of rotatable bonds is 7. The van der Waals surface area contributed by atoms with E-state index in [0.29, 0.717) is 12.2 Å². The molecule has 0 spiro atoms. The second-order valence-electron chi connectivity index (χ2n) is 5.93. The van der Waals surface area contributed by atoms with Crippen molar-refractivity contribution < 1.29 is 17.6 Å². The number of benzene rings is 1. The summed E-state index contributed by atoms with van der Waals surface area (Å²) in [5.41, 5.74) is 0.421. The van der Waals surface area contributed by atoms with Crippen LogP contribution in [0.3, 0.4) is 0 Å². The van der Waals surface area contributed by atoms with Crippen LogP contribution in [-0.4, -0.2) is 54.9 Å².